The molecule has 4 heteroatoms. The third kappa shape index (κ3) is 5.70. The van der Waals surface area contributed by atoms with Gasteiger partial charge < -0.3 is 10.5 Å². The van der Waals surface area contributed by atoms with Gasteiger partial charge in [-0.25, -0.2) is 4.39 Å². The molecule has 3 nitrogen and oxygen atoms in total. The normalized spacial score (nSPS) is 12.3. The Morgan fingerprint density at radius 2 is 2.10 bits per heavy atom. The van der Waals surface area contributed by atoms with Crippen LogP contribution in [0.4, 0.5) is 4.39 Å². The van der Waals surface area contributed by atoms with Crippen molar-refractivity contribution in [2.75, 3.05) is 6.61 Å². The van der Waals surface area contributed by atoms with E-state index >= 15 is 0 Å². The third-order valence-electron chi connectivity index (χ3n) is 3.43. The summed E-state index contributed by atoms with van der Waals surface area (Å²) in [5.74, 6) is 0.0604. The van der Waals surface area contributed by atoms with Gasteiger partial charge in [-0.05, 0) is 36.1 Å². The van der Waals surface area contributed by atoms with Gasteiger partial charge in [-0.1, -0.05) is 33.1 Å². The Kier molecular flexibility index (Phi) is 7.23. The van der Waals surface area contributed by atoms with Gasteiger partial charge in [0.2, 0.25) is 0 Å². The van der Waals surface area contributed by atoms with Crippen molar-refractivity contribution in [1.29, 1.82) is 5.41 Å². The molecule has 0 aromatic heterocycles. The Bertz CT molecular complexity index is 434. The maximum atomic E-state index is 13.4. The molecule has 0 radical (unpaired) electrons. The highest BCUT2D eigenvalue weighted by Gasteiger charge is 2.07. The molecule has 20 heavy (non-hydrogen) atoms. The van der Waals surface area contributed by atoms with Crippen LogP contribution >= 0.6 is 0 Å². The Morgan fingerprint density at radius 1 is 1.35 bits per heavy atom. The molecule has 3 N–H and O–H groups in total. The standard InChI is InChI=1S/C16H25FN2O/c1-3-5-6-12(4-2)10-20-11-13-7-14(16(18)19)9-15(17)8-13/h7-9,12H,3-6,10-11H2,1-2H3,(H3,18,19). The highest BCUT2D eigenvalue weighted by molar-refractivity contribution is 5.95. The molecule has 1 aromatic rings. The molecular formula is C16H25FN2O. The summed E-state index contributed by atoms with van der Waals surface area (Å²) in [5.41, 5.74) is 6.51. The van der Waals surface area contributed by atoms with Crippen LogP contribution in [0, 0.1) is 17.1 Å². The maximum Gasteiger partial charge on any atom is 0.124 e. The van der Waals surface area contributed by atoms with Crippen LogP contribution in [-0.4, -0.2) is 12.4 Å². The van der Waals surface area contributed by atoms with Crippen LogP contribution in [0.15, 0.2) is 18.2 Å². The quantitative estimate of drug-likeness (QED) is 0.533. The van der Waals surface area contributed by atoms with Crippen LogP contribution in [-0.2, 0) is 11.3 Å². The minimum Gasteiger partial charge on any atom is -0.384 e. The molecule has 1 rings (SSSR count). The van der Waals surface area contributed by atoms with Gasteiger partial charge in [0, 0.05) is 12.2 Å². The third-order valence-corrected chi connectivity index (χ3v) is 3.43. The molecule has 0 amide bonds. The number of nitrogens with one attached hydrogen (secondary N) is 1. The lowest BCUT2D eigenvalue weighted by molar-refractivity contribution is 0.0818. The molecule has 0 aliphatic rings. The number of halogens is 1. The van der Waals surface area contributed by atoms with Gasteiger partial charge in [0.25, 0.3) is 0 Å². The van der Waals surface area contributed by atoms with Gasteiger partial charge in [0.05, 0.1) is 6.61 Å². The van der Waals surface area contributed by atoms with E-state index < -0.39 is 0 Å². The Morgan fingerprint density at radius 3 is 2.70 bits per heavy atom. The maximum absolute atomic E-state index is 13.4. The molecule has 0 saturated heterocycles. The zero-order valence-corrected chi connectivity index (χ0v) is 12.4. The second kappa shape index (κ2) is 8.69. The van der Waals surface area contributed by atoms with Gasteiger partial charge in [0.15, 0.2) is 0 Å². The van der Waals surface area contributed by atoms with Crippen LogP contribution in [0.2, 0.25) is 0 Å². The van der Waals surface area contributed by atoms with E-state index in [1.165, 1.54) is 31.4 Å². The van der Waals surface area contributed by atoms with Gasteiger partial charge in [0.1, 0.15) is 11.7 Å². The second-order valence-corrected chi connectivity index (χ2v) is 5.19. The molecular weight excluding hydrogens is 255 g/mol. The lowest BCUT2D eigenvalue weighted by Crippen LogP contribution is -2.12. The molecule has 1 atom stereocenters. The van der Waals surface area contributed by atoms with Crippen molar-refractivity contribution in [1.82, 2.24) is 0 Å². The van der Waals surface area contributed by atoms with Crippen LogP contribution in [0.1, 0.15) is 50.7 Å². The summed E-state index contributed by atoms with van der Waals surface area (Å²) in [7, 11) is 0. The summed E-state index contributed by atoms with van der Waals surface area (Å²) in [6.07, 6.45) is 4.69. The molecule has 1 aromatic carbocycles. The molecule has 0 aliphatic heterocycles. The van der Waals surface area contributed by atoms with E-state index in [0.29, 0.717) is 24.7 Å². The Balaban J connectivity index is 2.50. The summed E-state index contributed by atoms with van der Waals surface area (Å²) in [5, 5.41) is 7.35. The van der Waals surface area contributed by atoms with Crippen molar-refractivity contribution in [3.63, 3.8) is 0 Å². The van der Waals surface area contributed by atoms with E-state index in [9.17, 15) is 4.39 Å². The fourth-order valence-electron chi connectivity index (χ4n) is 2.13. The highest BCUT2D eigenvalue weighted by atomic mass is 19.1. The predicted octanol–water partition coefficient (Wildman–Crippen LogP) is 3.84. The van der Waals surface area contributed by atoms with E-state index in [-0.39, 0.29) is 11.7 Å². The Labute approximate surface area is 120 Å². The first-order valence-corrected chi connectivity index (χ1v) is 7.28. The number of ether oxygens (including phenoxy) is 1. The zero-order valence-electron chi connectivity index (χ0n) is 12.4. The molecule has 112 valence electrons. The van der Waals surface area contributed by atoms with Gasteiger partial charge >= 0.3 is 0 Å². The summed E-state index contributed by atoms with van der Waals surface area (Å²) >= 11 is 0. The van der Waals surface area contributed by atoms with Crippen LogP contribution in [0.25, 0.3) is 0 Å². The van der Waals surface area contributed by atoms with Gasteiger partial charge in [-0.15, -0.1) is 0 Å². The van der Waals surface area contributed by atoms with E-state index in [1.807, 2.05) is 0 Å². The van der Waals surface area contributed by atoms with E-state index in [0.717, 1.165) is 12.0 Å². The minimum atomic E-state index is -0.380. The first-order chi connectivity index (χ1) is 9.56. The minimum absolute atomic E-state index is 0.125. The summed E-state index contributed by atoms with van der Waals surface area (Å²) in [6.45, 7) is 5.41. The molecule has 0 saturated carbocycles. The number of hydrogen-bond acceptors (Lipinski definition) is 2. The van der Waals surface area contributed by atoms with Crippen LogP contribution in [0.3, 0.4) is 0 Å². The fraction of sp³-hybridized carbons (Fsp3) is 0.562. The molecule has 0 spiro atoms. The Hall–Kier alpha value is -1.42. The van der Waals surface area contributed by atoms with Crippen molar-refractivity contribution in [2.45, 2.75) is 46.1 Å². The van der Waals surface area contributed by atoms with Gasteiger partial charge in [-0.3, -0.25) is 5.41 Å². The smallest absolute Gasteiger partial charge is 0.124 e. The largest absolute Gasteiger partial charge is 0.384 e. The van der Waals surface area contributed by atoms with E-state index in [1.54, 1.807) is 6.07 Å². The zero-order chi connectivity index (χ0) is 15.0. The van der Waals surface area contributed by atoms with Crippen molar-refractivity contribution < 1.29 is 9.13 Å². The summed E-state index contributed by atoms with van der Waals surface area (Å²) in [6, 6.07) is 4.40. The molecule has 0 heterocycles. The van der Waals surface area contributed by atoms with Crippen molar-refractivity contribution >= 4 is 5.84 Å². The summed E-state index contributed by atoms with van der Waals surface area (Å²) < 4.78 is 19.1. The molecule has 0 fully saturated rings. The lowest BCUT2D eigenvalue weighted by Gasteiger charge is -2.15. The predicted molar refractivity (Wildman–Crippen MR) is 80.4 cm³/mol. The van der Waals surface area contributed by atoms with E-state index in [4.69, 9.17) is 15.9 Å². The lowest BCUT2D eigenvalue weighted by atomic mass is 10.0. The van der Waals surface area contributed by atoms with Gasteiger partial charge in [-0.2, -0.15) is 0 Å². The van der Waals surface area contributed by atoms with Crippen molar-refractivity contribution in [3.05, 3.63) is 35.1 Å². The second-order valence-electron chi connectivity index (χ2n) is 5.19. The number of nitrogens with two attached hydrogens (primary N) is 1. The highest BCUT2D eigenvalue weighted by Crippen LogP contribution is 2.15. The molecule has 0 aliphatic carbocycles. The SMILES string of the molecule is CCCCC(CC)COCc1cc(F)cc(C(=N)N)c1. The number of unbranched alkanes of at least 4 members (excludes halogenated alkanes) is 1. The summed E-state index contributed by atoms with van der Waals surface area (Å²) in [4.78, 5) is 0. The number of amidine groups is 1. The molecule has 1 unspecified atom stereocenters. The number of nitrogen functional groups attached to an aromatic ring is 1. The average Bonchev–Trinajstić information content (AvgIpc) is 2.42. The topological polar surface area (TPSA) is 59.1 Å². The van der Waals surface area contributed by atoms with Crippen molar-refractivity contribution in [3.8, 4) is 0 Å². The average molecular weight is 280 g/mol. The first-order valence-electron chi connectivity index (χ1n) is 7.28. The molecule has 0 bridgehead atoms. The first kappa shape index (κ1) is 16.6. The fourth-order valence-corrected chi connectivity index (χ4v) is 2.13. The van der Waals surface area contributed by atoms with E-state index in [2.05, 4.69) is 13.8 Å². The van der Waals surface area contributed by atoms with Crippen LogP contribution < -0.4 is 5.73 Å². The van der Waals surface area contributed by atoms with Crippen molar-refractivity contribution in [2.24, 2.45) is 11.7 Å². The number of rotatable bonds is 9. The monoisotopic (exact) mass is 280 g/mol. The van der Waals surface area contributed by atoms with Crippen LogP contribution in [0.5, 0.6) is 0 Å². The number of hydrogen-bond donors (Lipinski definition) is 2. The number of benzene rings is 1.